The van der Waals surface area contributed by atoms with Gasteiger partial charge in [0.25, 0.3) is 5.91 Å². The minimum atomic E-state index is -0.196. The first-order valence-corrected chi connectivity index (χ1v) is 7.96. The Labute approximate surface area is 140 Å². The van der Waals surface area contributed by atoms with Crippen molar-refractivity contribution >= 4 is 43.6 Å². The van der Waals surface area contributed by atoms with Crippen molar-refractivity contribution in [1.82, 2.24) is 9.97 Å². The lowest BCUT2D eigenvalue weighted by molar-refractivity contribution is 0.102. The Hall–Kier alpha value is -1.27. The average Bonchev–Trinajstić information content (AvgIpc) is 2.41. The molecule has 0 saturated carbocycles. The predicted octanol–water partition coefficient (Wildman–Crippen LogP) is 4.55. The fourth-order valence-corrected chi connectivity index (χ4v) is 2.85. The molecule has 1 amide bonds. The summed E-state index contributed by atoms with van der Waals surface area (Å²) in [6.45, 7) is 6.23. The molecular weight excluding hydrogens is 398 g/mol. The molecule has 1 N–H and O–H groups in total. The van der Waals surface area contributed by atoms with E-state index in [1.165, 1.54) is 6.20 Å². The minimum Gasteiger partial charge on any atom is -0.304 e. The van der Waals surface area contributed by atoms with E-state index >= 15 is 0 Å². The van der Waals surface area contributed by atoms with Crippen LogP contribution in [0.15, 0.2) is 39.7 Å². The van der Waals surface area contributed by atoms with Gasteiger partial charge in [-0.15, -0.1) is 0 Å². The van der Waals surface area contributed by atoms with Crippen LogP contribution < -0.4 is 5.32 Å². The number of nitrogens with zero attached hydrogens (tertiary/aromatic N) is 2. The smallest absolute Gasteiger partial charge is 0.257 e. The number of halogens is 2. The fraction of sp³-hybridized carbons (Fsp3) is 0.267. The van der Waals surface area contributed by atoms with Crippen LogP contribution in [0.1, 0.15) is 36.7 Å². The molecule has 0 bridgehead atoms. The maximum Gasteiger partial charge on any atom is 0.257 e. The lowest BCUT2D eigenvalue weighted by atomic mass is 9.83. The van der Waals surface area contributed by atoms with Gasteiger partial charge in [-0.05, 0) is 48.9 Å². The lowest BCUT2D eigenvalue weighted by Gasteiger charge is -2.22. The van der Waals surface area contributed by atoms with Gasteiger partial charge in [-0.25, -0.2) is 9.97 Å². The highest BCUT2D eigenvalue weighted by Crippen LogP contribution is 2.27. The third-order valence-corrected chi connectivity index (χ3v) is 3.85. The molecule has 2 aromatic rings. The average molecular weight is 413 g/mol. The Morgan fingerprint density at radius 2 is 1.86 bits per heavy atom. The van der Waals surface area contributed by atoms with Crippen molar-refractivity contribution in [3.63, 3.8) is 0 Å². The molecule has 21 heavy (non-hydrogen) atoms. The highest BCUT2D eigenvalue weighted by molar-refractivity contribution is 9.11. The van der Waals surface area contributed by atoms with Gasteiger partial charge in [0, 0.05) is 5.56 Å². The van der Waals surface area contributed by atoms with Gasteiger partial charge in [0.05, 0.1) is 6.20 Å². The topological polar surface area (TPSA) is 54.9 Å². The molecule has 2 rings (SSSR count). The second-order valence-corrected chi connectivity index (χ2v) is 7.15. The van der Waals surface area contributed by atoms with Crippen molar-refractivity contribution in [2.24, 2.45) is 0 Å². The van der Waals surface area contributed by atoms with Gasteiger partial charge in [0.15, 0.2) is 5.82 Å². The van der Waals surface area contributed by atoms with Gasteiger partial charge in [0.1, 0.15) is 9.21 Å². The van der Waals surface area contributed by atoms with E-state index in [4.69, 9.17) is 0 Å². The number of hydrogen-bond donors (Lipinski definition) is 1. The zero-order valence-corrected chi connectivity index (χ0v) is 15.1. The first-order valence-electron chi connectivity index (χ1n) is 6.38. The van der Waals surface area contributed by atoms with E-state index < -0.39 is 0 Å². The second kappa shape index (κ2) is 6.23. The van der Waals surface area contributed by atoms with Crippen LogP contribution in [0, 0.1) is 0 Å². The molecule has 4 nitrogen and oxygen atoms in total. The molecule has 110 valence electrons. The van der Waals surface area contributed by atoms with Gasteiger partial charge >= 0.3 is 0 Å². The van der Waals surface area contributed by atoms with Gasteiger partial charge < -0.3 is 5.32 Å². The number of aromatic nitrogens is 2. The molecule has 0 aliphatic heterocycles. The lowest BCUT2D eigenvalue weighted by Crippen LogP contribution is -2.21. The highest BCUT2D eigenvalue weighted by atomic mass is 79.9. The summed E-state index contributed by atoms with van der Waals surface area (Å²) in [5, 5.41) is 2.79. The summed E-state index contributed by atoms with van der Waals surface area (Å²) in [4.78, 5) is 20.8. The summed E-state index contributed by atoms with van der Waals surface area (Å²) in [5.74, 6) is 0.199. The molecule has 6 heteroatoms. The van der Waals surface area contributed by atoms with E-state index in [1.54, 1.807) is 0 Å². The molecule has 0 spiro atoms. The Kier molecular flexibility index (Phi) is 4.78. The van der Waals surface area contributed by atoms with Crippen molar-refractivity contribution in [2.75, 3.05) is 5.32 Å². The van der Waals surface area contributed by atoms with Crippen molar-refractivity contribution in [3.05, 3.63) is 50.8 Å². The van der Waals surface area contributed by atoms with Crippen molar-refractivity contribution in [3.8, 4) is 0 Å². The van der Waals surface area contributed by atoms with E-state index in [9.17, 15) is 4.79 Å². The maximum absolute atomic E-state index is 12.5. The summed E-state index contributed by atoms with van der Waals surface area (Å²) in [6, 6.07) is 7.58. The summed E-state index contributed by atoms with van der Waals surface area (Å²) in [7, 11) is 0. The van der Waals surface area contributed by atoms with Gasteiger partial charge in [-0.3, -0.25) is 4.79 Å². The van der Waals surface area contributed by atoms with E-state index in [0.29, 0.717) is 20.6 Å². The van der Waals surface area contributed by atoms with E-state index in [2.05, 4.69) is 67.9 Å². The first-order chi connectivity index (χ1) is 9.79. The SMILES string of the molecule is CC(C)(C)c1ccccc1C(=O)Nc1ncc(Br)nc1Br. The monoisotopic (exact) mass is 411 g/mol. The zero-order chi connectivity index (χ0) is 15.6. The van der Waals surface area contributed by atoms with Crippen LogP contribution in [0.25, 0.3) is 0 Å². The summed E-state index contributed by atoms with van der Waals surface area (Å²) in [6.07, 6.45) is 1.54. The normalized spacial score (nSPS) is 11.3. The van der Waals surface area contributed by atoms with Crippen molar-refractivity contribution in [1.29, 1.82) is 0 Å². The molecule has 1 aromatic heterocycles. The Morgan fingerprint density at radius 1 is 1.19 bits per heavy atom. The Bertz CT molecular complexity index is 681. The van der Waals surface area contributed by atoms with Gasteiger partial charge in [-0.2, -0.15) is 0 Å². The zero-order valence-electron chi connectivity index (χ0n) is 11.9. The van der Waals surface area contributed by atoms with Crippen LogP contribution in [-0.4, -0.2) is 15.9 Å². The number of amides is 1. The number of anilines is 1. The van der Waals surface area contributed by atoms with Gasteiger partial charge in [0.2, 0.25) is 0 Å². The highest BCUT2D eigenvalue weighted by Gasteiger charge is 2.21. The number of rotatable bonds is 2. The Morgan fingerprint density at radius 3 is 2.48 bits per heavy atom. The molecule has 1 aromatic carbocycles. The molecule has 0 unspecified atom stereocenters. The molecule has 0 aliphatic rings. The van der Waals surface area contributed by atoms with Crippen LogP contribution in [0.5, 0.6) is 0 Å². The number of nitrogens with one attached hydrogen (secondary N) is 1. The summed E-state index contributed by atoms with van der Waals surface area (Å²) in [5.41, 5.74) is 1.52. The second-order valence-electron chi connectivity index (χ2n) is 5.58. The maximum atomic E-state index is 12.5. The van der Waals surface area contributed by atoms with E-state index in [1.807, 2.05) is 24.3 Å². The van der Waals surface area contributed by atoms with Crippen molar-refractivity contribution in [2.45, 2.75) is 26.2 Å². The van der Waals surface area contributed by atoms with Gasteiger partial charge in [-0.1, -0.05) is 39.0 Å². The van der Waals surface area contributed by atoms with Crippen LogP contribution in [-0.2, 0) is 5.41 Å². The standard InChI is InChI=1S/C15H15Br2N3O/c1-15(2,3)10-7-5-4-6-9(10)14(21)20-13-12(17)19-11(16)8-18-13/h4-8H,1-3H3,(H,18,20,21). The third kappa shape index (κ3) is 3.89. The summed E-state index contributed by atoms with van der Waals surface area (Å²) < 4.78 is 1.08. The molecular formula is C15H15Br2N3O. The van der Waals surface area contributed by atoms with Crippen molar-refractivity contribution < 1.29 is 4.79 Å². The molecule has 0 atom stereocenters. The number of hydrogen-bond acceptors (Lipinski definition) is 3. The van der Waals surface area contributed by atoms with E-state index in [0.717, 1.165) is 5.56 Å². The molecule has 0 radical (unpaired) electrons. The largest absolute Gasteiger partial charge is 0.304 e. The third-order valence-electron chi connectivity index (χ3n) is 2.91. The first kappa shape index (κ1) is 16.1. The summed E-state index contributed by atoms with van der Waals surface area (Å²) >= 11 is 6.52. The van der Waals surface area contributed by atoms with Crippen LogP contribution >= 0.6 is 31.9 Å². The number of carbonyl (C=O) groups excluding carboxylic acids is 1. The van der Waals surface area contributed by atoms with Crippen LogP contribution in [0.4, 0.5) is 5.82 Å². The molecule has 0 saturated heterocycles. The Balaban J connectivity index is 2.33. The number of carbonyl (C=O) groups is 1. The number of benzene rings is 1. The molecule has 0 fully saturated rings. The minimum absolute atomic E-state index is 0.115. The quantitative estimate of drug-likeness (QED) is 0.786. The predicted molar refractivity (Wildman–Crippen MR) is 90.5 cm³/mol. The molecule has 0 aliphatic carbocycles. The van der Waals surface area contributed by atoms with Crippen LogP contribution in [0.2, 0.25) is 0 Å². The fourth-order valence-electron chi connectivity index (χ4n) is 1.94. The van der Waals surface area contributed by atoms with E-state index in [-0.39, 0.29) is 11.3 Å². The van der Waals surface area contributed by atoms with Crippen LogP contribution in [0.3, 0.4) is 0 Å². The molecule has 1 heterocycles.